The molecule has 0 amide bonds. The fourth-order valence-corrected chi connectivity index (χ4v) is 2.10. The molecule has 0 fully saturated rings. The molecule has 0 spiro atoms. The highest BCUT2D eigenvalue weighted by Gasteiger charge is 2.08. The minimum Gasteiger partial charge on any atom is -0.398 e. The third-order valence-electron chi connectivity index (χ3n) is 1.63. The first kappa shape index (κ1) is 10.4. The summed E-state index contributed by atoms with van der Waals surface area (Å²) in [6, 6.07) is 4.77. The molecular formula is C8H11NO2S2. The normalized spacial score (nSPS) is 11.5. The number of nitrogen functional groups attached to an aromatic ring is 1. The van der Waals surface area contributed by atoms with E-state index in [0.717, 1.165) is 4.90 Å². The van der Waals surface area contributed by atoms with Gasteiger partial charge in [0.1, 0.15) is 0 Å². The predicted octanol–water partition coefficient (Wildman–Crippen LogP) is 1.39. The van der Waals surface area contributed by atoms with Gasteiger partial charge in [-0.1, -0.05) is 0 Å². The summed E-state index contributed by atoms with van der Waals surface area (Å²) in [6.07, 6.45) is 3.06. The maximum absolute atomic E-state index is 11.1. The second-order valence-electron chi connectivity index (χ2n) is 2.68. The lowest BCUT2D eigenvalue weighted by molar-refractivity contribution is 0.602. The molecular weight excluding hydrogens is 206 g/mol. The Hall–Kier alpha value is -0.680. The van der Waals surface area contributed by atoms with Crippen LogP contribution in [0.1, 0.15) is 0 Å². The molecule has 0 aromatic heterocycles. The van der Waals surface area contributed by atoms with E-state index in [0.29, 0.717) is 5.69 Å². The first-order valence-corrected chi connectivity index (χ1v) is 6.70. The van der Waals surface area contributed by atoms with Gasteiger partial charge in [-0.15, -0.1) is 11.8 Å². The summed E-state index contributed by atoms with van der Waals surface area (Å²) in [5, 5.41) is 0. The highest BCUT2D eigenvalue weighted by Crippen LogP contribution is 2.25. The average molecular weight is 217 g/mol. The van der Waals surface area contributed by atoms with E-state index in [1.807, 2.05) is 6.26 Å². The summed E-state index contributed by atoms with van der Waals surface area (Å²) in [5.41, 5.74) is 6.15. The number of sulfone groups is 1. The van der Waals surface area contributed by atoms with Crippen LogP contribution in [0.3, 0.4) is 0 Å². The van der Waals surface area contributed by atoms with Gasteiger partial charge in [-0.2, -0.15) is 0 Å². The van der Waals surface area contributed by atoms with Crippen molar-refractivity contribution in [2.24, 2.45) is 0 Å². The van der Waals surface area contributed by atoms with Crippen LogP contribution >= 0.6 is 11.8 Å². The Morgan fingerprint density at radius 1 is 1.38 bits per heavy atom. The Bertz CT molecular complexity index is 412. The average Bonchev–Trinajstić information content (AvgIpc) is 2.02. The molecule has 13 heavy (non-hydrogen) atoms. The number of rotatable bonds is 2. The van der Waals surface area contributed by atoms with Gasteiger partial charge in [-0.25, -0.2) is 8.42 Å². The van der Waals surface area contributed by atoms with Gasteiger partial charge in [0.15, 0.2) is 9.84 Å². The van der Waals surface area contributed by atoms with Crippen molar-refractivity contribution in [3.8, 4) is 0 Å². The van der Waals surface area contributed by atoms with E-state index in [9.17, 15) is 8.42 Å². The molecule has 72 valence electrons. The molecule has 0 aliphatic rings. The summed E-state index contributed by atoms with van der Waals surface area (Å²) in [4.78, 5) is 1.16. The minimum absolute atomic E-state index is 0.266. The first-order valence-electron chi connectivity index (χ1n) is 3.58. The second-order valence-corrected chi connectivity index (χ2v) is 5.54. The molecule has 3 nitrogen and oxygen atoms in total. The second kappa shape index (κ2) is 3.59. The SMILES string of the molecule is CSc1ccc(S(C)(=O)=O)cc1N. The smallest absolute Gasteiger partial charge is 0.175 e. The van der Waals surface area contributed by atoms with Gasteiger partial charge >= 0.3 is 0 Å². The number of hydrogen-bond acceptors (Lipinski definition) is 4. The molecule has 0 aliphatic heterocycles. The van der Waals surface area contributed by atoms with Gasteiger partial charge in [0.25, 0.3) is 0 Å². The monoisotopic (exact) mass is 217 g/mol. The summed E-state index contributed by atoms with van der Waals surface area (Å²) >= 11 is 1.49. The number of thioether (sulfide) groups is 1. The van der Waals surface area contributed by atoms with Crippen LogP contribution in [0.5, 0.6) is 0 Å². The van der Waals surface area contributed by atoms with E-state index >= 15 is 0 Å². The van der Waals surface area contributed by atoms with Gasteiger partial charge in [0.05, 0.1) is 4.90 Å². The fraction of sp³-hybridized carbons (Fsp3) is 0.250. The lowest BCUT2D eigenvalue weighted by Crippen LogP contribution is -1.99. The van der Waals surface area contributed by atoms with Crippen molar-refractivity contribution in [3.63, 3.8) is 0 Å². The van der Waals surface area contributed by atoms with Crippen molar-refractivity contribution in [1.82, 2.24) is 0 Å². The van der Waals surface area contributed by atoms with Crippen LogP contribution in [0.4, 0.5) is 5.69 Å². The molecule has 1 rings (SSSR count). The Morgan fingerprint density at radius 2 is 2.00 bits per heavy atom. The van der Waals surface area contributed by atoms with Crippen LogP contribution in [0.2, 0.25) is 0 Å². The van der Waals surface area contributed by atoms with Crippen molar-refractivity contribution >= 4 is 27.3 Å². The van der Waals surface area contributed by atoms with Crippen molar-refractivity contribution in [3.05, 3.63) is 18.2 Å². The Morgan fingerprint density at radius 3 is 2.38 bits per heavy atom. The van der Waals surface area contributed by atoms with Gasteiger partial charge in [0.2, 0.25) is 0 Å². The van der Waals surface area contributed by atoms with E-state index in [-0.39, 0.29) is 4.90 Å². The minimum atomic E-state index is -3.14. The third kappa shape index (κ3) is 2.38. The van der Waals surface area contributed by atoms with E-state index in [1.54, 1.807) is 12.1 Å². The molecule has 2 N–H and O–H groups in total. The molecule has 0 saturated carbocycles. The number of nitrogens with two attached hydrogens (primary N) is 1. The lowest BCUT2D eigenvalue weighted by Gasteiger charge is -2.04. The highest BCUT2D eigenvalue weighted by atomic mass is 32.2. The van der Waals surface area contributed by atoms with Crippen molar-refractivity contribution in [2.75, 3.05) is 18.2 Å². The van der Waals surface area contributed by atoms with Crippen LogP contribution in [0, 0.1) is 0 Å². The maximum Gasteiger partial charge on any atom is 0.175 e. The molecule has 0 bridgehead atoms. The Labute approximate surface area is 82.2 Å². The molecule has 0 unspecified atom stereocenters. The number of hydrogen-bond donors (Lipinski definition) is 1. The standard InChI is InChI=1S/C8H11NO2S2/c1-12-8-4-3-6(5-7(8)9)13(2,10)11/h3-5H,9H2,1-2H3. The zero-order chi connectivity index (χ0) is 10.1. The fourth-order valence-electron chi connectivity index (χ4n) is 0.943. The van der Waals surface area contributed by atoms with Gasteiger partial charge in [0, 0.05) is 16.8 Å². The summed E-state index contributed by atoms with van der Waals surface area (Å²) < 4.78 is 22.2. The highest BCUT2D eigenvalue weighted by molar-refractivity contribution is 7.98. The van der Waals surface area contributed by atoms with E-state index < -0.39 is 9.84 Å². The molecule has 1 aromatic carbocycles. The van der Waals surface area contributed by atoms with E-state index in [2.05, 4.69) is 0 Å². The van der Waals surface area contributed by atoms with Gasteiger partial charge in [-0.05, 0) is 24.5 Å². The van der Waals surface area contributed by atoms with Crippen LogP contribution in [-0.2, 0) is 9.84 Å². The third-order valence-corrected chi connectivity index (χ3v) is 3.55. The molecule has 0 saturated heterocycles. The van der Waals surface area contributed by atoms with Crippen molar-refractivity contribution in [2.45, 2.75) is 9.79 Å². The largest absolute Gasteiger partial charge is 0.398 e. The summed E-state index contributed by atoms with van der Waals surface area (Å²) in [5.74, 6) is 0. The topological polar surface area (TPSA) is 60.2 Å². The number of benzene rings is 1. The van der Waals surface area contributed by atoms with Crippen LogP contribution in [-0.4, -0.2) is 20.9 Å². The molecule has 5 heteroatoms. The molecule has 0 atom stereocenters. The molecule has 0 aliphatic carbocycles. The van der Waals surface area contributed by atoms with Crippen LogP contribution in [0.25, 0.3) is 0 Å². The molecule has 0 radical (unpaired) electrons. The Kier molecular flexibility index (Phi) is 2.87. The van der Waals surface area contributed by atoms with E-state index in [1.165, 1.54) is 24.1 Å². The maximum atomic E-state index is 11.1. The van der Waals surface area contributed by atoms with Crippen molar-refractivity contribution < 1.29 is 8.42 Å². The van der Waals surface area contributed by atoms with Crippen LogP contribution < -0.4 is 5.73 Å². The van der Waals surface area contributed by atoms with Gasteiger partial charge < -0.3 is 5.73 Å². The predicted molar refractivity (Wildman–Crippen MR) is 55.7 cm³/mol. The summed E-state index contributed by atoms with van der Waals surface area (Å²) in [6.45, 7) is 0. The summed E-state index contributed by atoms with van der Waals surface area (Å²) in [7, 11) is -3.14. The quantitative estimate of drug-likeness (QED) is 0.601. The molecule has 1 aromatic rings. The van der Waals surface area contributed by atoms with E-state index in [4.69, 9.17) is 5.73 Å². The Balaban J connectivity index is 3.26. The first-order chi connectivity index (χ1) is 5.95. The van der Waals surface area contributed by atoms with Crippen molar-refractivity contribution in [1.29, 1.82) is 0 Å². The lowest BCUT2D eigenvalue weighted by atomic mass is 10.3. The van der Waals surface area contributed by atoms with Gasteiger partial charge in [-0.3, -0.25) is 0 Å². The zero-order valence-corrected chi connectivity index (χ0v) is 9.08. The molecule has 0 heterocycles. The number of anilines is 1. The zero-order valence-electron chi connectivity index (χ0n) is 7.44. The van der Waals surface area contributed by atoms with Crippen LogP contribution in [0.15, 0.2) is 28.0 Å².